The van der Waals surface area contributed by atoms with Crippen molar-refractivity contribution in [3.05, 3.63) is 59.2 Å². The fourth-order valence-corrected chi connectivity index (χ4v) is 2.32. The molecule has 2 aromatic carbocycles. The summed E-state index contributed by atoms with van der Waals surface area (Å²) in [6, 6.07) is 12.8. The lowest BCUT2D eigenvalue weighted by Gasteiger charge is -2.10. The molecular weight excluding hydrogens is 268 g/mol. The largest absolute Gasteiger partial charge is 0.496 e. The molecule has 0 aromatic heterocycles. The number of ether oxygens (including phenoxy) is 1. The average Bonchev–Trinajstić information content (AvgIpc) is 2.80. The lowest BCUT2D eigenvalue weighted by molar-refractivity contribution is 0.0879. The molecule has 1 heterocycles. The highest BCUT2D eigenvalue weighted by Gasteiger charge is 2.26. The van der Waals surface area contributed by atoms with Crippen LogP contribution >= 0.6 is 0 Å². The van der Waals surface area contributed by atoms with Gasteiger partial charge in [0.2, 0.25) is 0 Å². The zero-order valence-electron chi connectivity index (χ0n) is 11.5. The fourth-order valence-electron chi connectivity index (χ4n) is 2.32. The average molecular weight is 282 g/mol. The third-order valence-electron chi connectivity index (χ3n) is 3.41. The number of hydrogen-bond acceptors (Lipinski definition) is 4. The first-order chi connectivity index (χ1) is 10.2. The van der Waals surface area contributed by atoms with Crippen LogP contribution in [0.1, 0.15) is 26.3 Å². The van der Waals surface area contributed by atoms with Crippen LogP contribution in [0.3, 0.4) is 0 Å². The van der Waals surface area contributed by atoms with E-state index in [4.69, 9.17) is 4.74 Å². The third kappa shape index (κ3) is 2.45. The predicted octanol–water partition coefficient (Wildman–Crippen LogP) is 2.19. The van der Waals surface area contributed by atoms with Crippen LogP contribution in [0.5, 0.6) is 5.75 Å². The SMILES string of the molecule is COc1ccccc1CNc1ccc2c(c1)C(=O)NC2=O. The Morgan fingerprint density at radius 1 is 1.05 bits per heavy atom. The summed E-state index contributed by atoms with van der Waals surface area (Å²) in [6.07, 6.45) is 0. The number of nitrogens with one attached hydrogen (secondary N) is 2. The van der Waals surface area contributed by atoms with Gasteiger partial charge in [-0.05, 0) is 24.3 Å². The first kappa shape index (κ1) is 13.2. The van der Waals surface area contributed by atoms with Gasteiger partial charge in [0, 0.05) is 17.8 Å². The van der Waals surface area contributed by atoms with E-state index in [9.17, 15) is 9.59 Å². The number of rotatable bonds is 4. The van der Waals surface area contributed by atoms with Crippen molar-refractivity contribution >= 4 is 17.5 Å². The minimum absolute atomic E-state index is 0.341. The minimum atomic E-state index is -0.351. The standard InChI is InChI=1S/C16H14N2O3/c1-21-14-5-3-2-4-10(14)9-17-11-6-7-12-13(8-11)16(20)18-15(12)19/h2-8,17H,9H2,1H3,(H,18,19,20). The number of amides is 2. The molecule has 0 saturated heterocycles. The van der Waals surface area contributed by atoms with E-state index in [2.05, 4.69) is 10.6 Å². The van der Waals surface area contributed by atoms with E-state index in [0.717, 1.165) is 17.0 Å². The lowest BCUT2D eigenvalue weighted by atomic mass is 10.1. The first-order valence-electron chi connectivity index (χ1n) is 6.54. The van der Waals surface area contributed by atoms with Gasteiger partial charge in [0.25, 0.3) is 11.8 Å². The molecule has 1 aliphatic heterocycles. The Bertz CT molecular complexity index is 725. The van der Waals surface area contributed by atoms with Gasteiger partial charge in [0.1, 0.15) is 5.75 Å². The maximum Gasteiger partial charge on any atom is 0.259 e. The van der Waals surface area contributed by atoms with Gasteiger partial charge in [0.15, 0.2) is 0 Å². The van der Waals surface area contributed by atoms with Crippen molar-refractivity contribution in [1.82, 2.24) is 5.32 Å². The minimum Gasteiger partial charge on any atom is -0.496 e. The molecule has 0 bridgehead atoms. The second kappa shape index (κ2) is 5.28. The van der Waals surface area contributed by atoms with Crippen molar-refractivity contribution in [3.8, 4) is 5.75 Å². The highest BCUT2D eigenvalue weighted by atomic mass is 16.5. The van der Waals surface area contributed by atoms with E-state index in [0.29, 0.717) is 17.7 Å². The van der Waals surface area contributed by atoms with Crippen LogP contribution in [0, 0.1) is 0 Å². The molecule has 1 aliphatic rings. The second-order valence-electron chi connectivity index (χ2n) is 4.71. The molecule has 0 spiro atoms. The quantitative estimate of drug-likeness (QED) is 0.844. The fraction of sp³-hybridized carbons (Fsp3) is 0.125. The maximum absolute atomic E-state index is 11.6. The number of para-hydroxylation sites is 1. The molecule has 0 radical (unpaired) electrons. The molecule has 0 saturated carbocycles. The number of benzene rings is 2. The molecule has 2 N–H and O–H groups in total. The molecule has 0 atom stereocenters. The molecule has 21 heavy (non-hydrogen) atoms. The first-order valence-corrected chi connectivity index (χ1v) is 6.54. The normalized spacial score (nSPS) is 12.8. The zero-order chi connectivity index (χ0) is 14.8. The second-order valence-corrected chi connectivity index (χ2v) is 4.71. The maximum atomic E-state index is 11.6. The van der Waals surface area contributed by atoms with Crippen molar-refractivity contribution in [3.63, 3.8) is 0 Å². The molecule has 2 aromatic rings. The lowest BCUT2D eigenvalue weighted by Crippen LogP contribution is -2.19. The van der Waals surface area contributed by atoms with Crippen molar-refractivity contribution in [2.45, 2.75) is 6.54 Å². The van der Waals surface area contributed by atoms with Crippen LogP contribution in [-0.4, -0.2) is 18.9 Å². The van der Waals surface area contributed by atoms with Gasteiger partial charge < -0.3 is 10.1 Å². The summed E-state index contributed by atoms with van der Waals surface area (Å²) < 4.78 is 5.29. The van der Waals surface area contributed by atoms with Gasteiger partial charge in [-0.1, -0.05) is 18.2 Å². The molecule has 106 valence electrons. The van der Waals surface area contributed by atoms with Crippen molar-refractivity contribution < 1.29 is 14.3 Å². The molecule has 5 nitrogen and oxygen atoms in total. The van der Waals surface area contributed by atoms with Crippen molar-refractivity contribution in [2.75, 3.05) is 12.4 Å². The van der Waals surface area contributed by atoms with Crippen LogP contribution in [0.2, 0.25) is 0 Å². The predicted molar refractivity (Wildman–Crippen MR) is 78.6 cm³/mol. The molecule has 5 heteroatoms. The number of carbonyl (C=O) groups is 2. The number of methoxy groups -OCH3 is 1. The number of anilines is 1. The molecule has 2 amide bonds. The Morgan fingerprint density at radius 3 is 2.62 bits per heavy atom. The van der Waals surface area contributed by atoms with E-state index >= 15 is 0 Å². The van der Waals surface area contributed by atoms with E-state index < -0.39 is 0 Å². The Balaban J connectivity index is 1.79. The van der Waals surface area contributed by atoms with Crippen LogP contribution in [-0.2, 0) is 6.54 Å². The van der Waals surface area contributed by atoms with Crippen LogP contribution in [0.25, 0.3) is 0 Å². The number of imide groups is 1. The van der Waals surface area contributed by atoms with Gasteiger partial charge >= 0.3 is 0 Å². The molecule has 0 aliphatic carbocycles. The summed E-state index contributed by atoms with van der Waals surface area (Å²) in [5, 5.41) is 5.51. The Hall–Kier alpha value is -2.82. The summed E-state index contributed by atoms with van der Waals surface area (Å²) in [4.78, 5) is 23.1. The topological polar surface area (TPSA) is 67.4 Å². The van der Waals surface area contributed by atoms with Gasteiger partial charge in [0.05, 0.1) is 18.2 Å². The van der Waals surface area contributed by atoms with Crippen molar-refractivity contribution in [1.29, 1.82) is 0 Å². The molecule has 3 rings (SSSR count). The van der Waals surface area contributed by atoms with Crippen LogP contribution < -0.4 is 15.4 Å². The van der Waals surface area contributed by atoms with E-state index in [1.807, 2.05) is 24.3 Å². The van der Waals surface area contributed by atoms with Gasteiger partial charge in [-0.3, -0.25) is 14.9 Å². The molecule has 0 unspecified atom stereocenters. The van der Waals surface area contributed by atoms with Gasteiger partial charge in [-0.15, -0.1) is 0 Å². The Kier molecular flexibility index (Phi) is 3.31. The molecule has 0 fully saturated rings. The summed E-state index contributed by atoms with van der Waals surface area (Å²) in [5.74, 6) is 0.112. The van der Waals surface area contributed by atoms with Crippen molar-refractivity contribution in [2.24, 2.45) is 0 Å². The smallest absolute Gasteiger partial charge is 0.259 e. The molecular formula is C16H14N2O3. The van der Waals surface area contributed by atoms with Crippen LogP contribution in [0.15, 0.2) is 42.5 Å². The van der Waals surface area contributed by atoms with E-state index in [1.54, 1.807) is 25.3 Å². The summed E-state index contributed by atoms with van der Waals surface area (Å²) >= 11 is 0. The Morgan fingerprint density at radius 2 is 1.81 bits per heavy atom. The van der Waals surface area contributed by atoms with Gasteiger partial charge in [-0.25, -0.2) is 0 Å². The number of carbonyl (C=O) groups excluding carboxylic acids is 2. The summed E-state index contributed by atoms with van der Waals surface area (Å²) in [6.45, 7) is 0.568. The number of hydrogen-bond donors (Lipinski definition) is 2. The van der Waals surface area contributed by atoms with Gasteiger partial charge in [-0.2, -0.15) is 0 Å². The number of fused-ring (bicyclic) bond motifs is 1. The monoisotopic (exact) mass is 282 g/mol. The summed E-state index contributed by atoms with van der Waals surface area (Å²) in [7, 11) is 1.63. The zero-order valence-corrected chi connectivity index (χ0v) is 11.5. The van der Waals surface area contributed by atoms with E-state index in [-0.39, 0.29) is 11.8 Å². The Labute approximate surface area is 121 Å². The highest BCUT2D eigenvalue weighted by molar-refractivity contribution is 6.21. The van der Waals surface area contributed by atoms with Crippen LogP contribution in [0.4, 0.5) is 5.69 Å². The van der Waals surface area contributed by atoms with E-state index in [1.165, 1.54) is 0 Å². The summed E-state index contributed by atoms with van der Waals surface area (Å²) in [5.41, 5.74) is 2.62. The highest BCUT2D eigenvalue weighted by Crippen LogP contribution is 2.22. The third-order valence-corrected chi connectivity index (χ3v) is 3.41.